The van der Waals surface area contributed by atoms with E-state index in [2.05, 4.69) is 15.3 Å². The Balaban J connectivity index is 1.38. The molecule has 3 N–H and O–H groups in total. The number of imidazole rings is 1. The normalized spacial score (nSPS) is 15.5. The van der Waals surface area contributed by atoms with Gasteiger partial charge in [0.15, 0.2) is 29.6 Å². The highest BCUT2D eigenvalue weighted by molar-refractivity contribution is 6.34. The molecule has 2 aromatic heterocycles. The monoisotopic (exact) mass is 565 g/mol. The fourth-order valence-electron chi connectivity index (χ4n) is 4.84. The Kier molecular flexibility index (Phi) is 8.09. The average Bonchev–Trinajstić information content (AvgIpc) is 3.24. The SMILES string of the molecule is N#CCOc1ccc(-c2cnc3c(Nc4ccc(C(=O)N5CCCC(CN)CC5)c(Cl)c4)nccn23)c(F)c1F. The van der Waals surface area contributed by atoms with Crippen LogP contribution in [0.1, 0.15) is 29.6 Å². The van der Waals surface area contributed by atoms with Gasteiger partial charge in [0.2, 0.25) is 5.82 Å². The number of benzene rings is 2. The minimum Gasteiger partial charge on any atom is -0.476 e. The molecule has 1 unspecified atom stereocenters. The highest BCUT2D eigenvalue weighted by atomic mass is 35.5. The second kappa shape index (κ2) is 11.9. The summed E-state index contributed by atoms with van der Waals surface area (Å²) in [4.78, 5) is 23.7. The van der Waals surface area contributed by atoms with Crippen LogP contribution in [-0.4, -0.2) is 51.4 Å². The van der Waals surface area contributed by atoms with Crippen LogP contribution in [0.3, 0.4) is 0 Å². The van der Waals surface area contributed by atoms with Gasteiger partial charge in [0.05, 0.1) is 22.5 Å². The topological polar surface area (TPSA) is 122 Å². The van der Waals surface area contributed by atoms with Gasteiger partial charge in [-0.2, -0.15) is 9.65 Å². The second-order valence-corrected chi connectivity index (χ2v) is 9.85. The van der Waals surface area contributed by atoms with Crippen molar-refractivity contribution in [3.05, 3.63) is 71.1 Å². The number of carbonyl (C=O) groups excluding carboxylic acids is 1. The fraction of sp³-hybridized carbons (Fsp3) is 0.286. The molecule has 40 heavy (non-hydrogen) atoms. The van der Waals surface area contributed by atoms with Crippen LogP contribution in [0.25, 0.3) is 16.9 Å². The summed E-state index contributed by atoms with van der Waals surface area (Å²) in [5, 5.41) is 12.1. The van der Waals surface area contributed by atoms with Crippen LogP contribution in [0.5, 0.6) is 5.75 Å². The lowest BCUT2D eigenvalue weighted by atomic mass is 10.0. The lowest BCUT2D eigenvalue weighted by Crippen LogP contribution is -2.32. The fourth-order valence-corrected chi connectivity index (χ4v) is 5.10. The van der Waals surface area contributed by atoms with Gasteiger partial charge in [0.1, 0.15) is 6.07 Å². The van der Waals surface area contributed by atoms with Crippen molar-refractivity contribution in [3.8, 4) is 23.1 Å². The first-order valence-corrected chi connectivity index (χ1v) is 13.1. The Morgan fingerprint density at radius 2 is 2.05 bits per heavy atom. The predicted octanol–water partition coefficient (Wildman–Crippen LogP) is 5.17. The lowest BCUT2D eigenvalue weighted by Gasteiger charge is -2.21. The molecule has 1 atom stereocenters. The number of nitrogens with two attached hydrogens (primary N) is 1. The maximum absolute atomic E-state index is 14.9. The third-order valence-electron chi connectivity index (χ3n) is 6.97. The molecule has 0 radical (unpaired) electrons. The van der Waals surface area contributed by atoms with Crippen molar-refractivity contribution >= 4 is 34.7 Å². The van der Waals surface area contributed by atoms with E-state index in [1.165, 1.54) is 24.5 Å². The number of fused-ring (bicyclic) bond motifs is 1. The van der Waals surface area contributed by atoms with Crippen LogP contribution in [0.15, 0.2) is 48.9 Å². The van der Waals surface area contributed by atoms with Crippen molar-refractivity contribution in [1.29, 1.82) is 5.26 Å². The van der Waals surface area contributed by atoms with Gasteiger partial charge in [-0.25, -0.2) is 14.4 Å². The standard InChI is InChI=1S/C28H26ClF2N7O2/c29-21-14-18(3-4-19(21)28(39)37-10-1-2-17(15-33)7-11-37)36-26-27-35-16-22(38(27)12-9-34-26)20-5-6-23(40-13-8-32)25(31)24(20)30/h3-6,9,12,14,16-17H,1-2,7,10-11,13,15,33H2,(H,34,36). The van der Waals surface area contributed by atoms with Crippen molar-refractivity contribution < 1.29 is 18.3 Å². The van der Waals surface area contributed by atoms with Gasteiger partial charge < -0.3 is 20.7 Å². The zero-order valence-corrected chi connectivity index (χ0v) is 22.2. The number of nitrogens with one attached hydrogen (secondary N) is 1. The van der Waals surface area contributed by atoms with Gasteiger partial charge in [-0.3, -0.25) is 9.20 Å². The molecule has 0 spiro atoms. The number of ether oxygens (including phenoxy) is 1. The number of carbonyl (C=O) groups is 1. The molecule has 2 aromatic carbocycles. The van der Waals surface area contributed by atoms with Crippen LogP contribution in [0.4, 0.5) is 20.3 Å². The molecule has 12 heteroatoms. The van der Waals surface area contributed by atoms with Crippen LogP contribution in [-0.2, 0) is 0 Å². The summed E-state index contributed by atoms with van der Waals surface area (Å²) >= 11 is 6.53. The molecule has 1 aliphatic rings. The van der Waals surface area contributed by atoms with Gasteiger partial charge in [0, 0.05) is 36.7 Å². The van der Waals surface area contributed by atoms with Gasteiger partial charge in [-0.15, -0.1) is 0 Å². The maximum Gasteiger partial charge on any atom is 0.255 e. The van der Waals surface area contributed by atoms with E-state index in [0.29, 0.717) is 53.3 Å². The summed E-state index contributed by atoms with van der Waals surface area (Å²) in [5.41, 5.74) is 7.41. The van der Waals surface area contributed by atoms with Crippen molar-refractivity contribution in [3.63, 3.8) is 0 Å². The molecule has 1 saturated heterocycles. The number of amides is 1. The Morgan fingerprint density at radius 1 is 1.20 bits per heavy atom. The van der Waals surface area contributed by atoms with Crippen LogP contribution in [0.2, 0.25) is 5.02 Å². The van der Waals surface area contributed by atoms with Gasteiger partial charge in [-0.1, -0.05) is 11.6 Å². The predicted molar refractivity (Wildman–Crippen MR) is 146 cm³/mol. The van der Waals surface area contributed by atoms with Crippen molar-refractivity contribution in [1.82, 2.24) is 19.3 Å². The smallest absolute Gasteiger partial charge is 0.255 e. The number of likely N-dealkylation sites (tertiary alicyclic amines) is 1. The van der Waals surface area contributed by atoms with E-state index >= 15 is 0 Å². The third-order valence-corrected chi connectivity index (χ3v) is 7.29. The summed E-state index contributed by atoms with van der Waals surface area (Å²) in [6.45, 7) is 1.53. The summed E-state index contributed by atoms with van der Waals surface area (Å²) in [6.07, 6.45) is 7.26. The largest absolute Gasteiger partial charge is 0.476 e. The Bertz CT molecular complexity index is 1600. The van der Waals surface area contributed by atoms with Crippen molar-refractivity contribution in [2.75, 3.05) is 31.6 Å². The van der Waals surface area contributed by atoms with Gasteiger partial charge in [0.25, 0.3) is 5.91 Å². The van der Waals surface area contributed by atoms with E-state index in [9.17, 15) is 13.6 Å². The molecule has 4 aromatic rings. The van der Waals surface area contributed by atoms with Crippen LogP contribution < -0.4 is 15.8 Å². The van der Waals surface area contributed by atoms with E-state index in [0.717, 1.165) is 19.3 Å². The van der Waals surface area contributed by atoms with Gasteiger partial charge >= 0.3 is 0 Å². The number of anilines is 2. The Labute approximate surface area is 234 Å². The molecule has 9 nitrogen and oxygen atoms in total. The summed E-state index contributed by atoms with van der Waals surface area (Å²) < 4.78 is 35.9. The second-order valence-electron chi connectivity index (χ2n) is 9.44. The molecule has 1 amide bonds. The lowest BCUT2D eigenvalue weighted by molar-refractivity contribution is 0.0760. The summed E-state index contributed by atoms with van der Waals surface area (Å²) in [5.74, 6) is -2.02. The minimum absolute atomic E-state index is 0.0383. The zero-order chi connectivity index (χ0) is 28.2. The zero-order valence-electron chi connectivity index (χ0n) is 21.4. The molecule has 0 aliphatic carbocycles. The van der Waals surface area contributed by atoms with Crippen molar-refractivity contribution in [2.45, 2.75) is 19.3 Å². The molecule has 206 valence electrons. The molecule has 1 aliphatic heterocycles. The highest BCUT2D eigenvalue weighted by Crippen LogP contribution is 2.32. The minimum atomic E-state index is -1.20. The quantitative estimate of drug-likeness (QED) is 0.317. The van der Waals surface area contributed by atoms with Crippen molar-refractivity contribution in [2.24, 2.45) is 11.7 Å². The van der Waals surface area contributed by atoms with Crippen LogP contribution in [0, 0.1) is 28.9 Å². The number of aromatic nitrogens is 3. The molecule has 0 bridgehead atoms. The first-order valence-electron chi connectivity index (χ1n) is 12.8. The number of hydrogen-bond donors (Lipinski definition) is 2. The van der Waals surface area contributed by atoms with E-state index in [1.807, 2.05) is 4.90 Å². The number of nitrogens with zero attached hydrogens (tertiary/aromatic N) is 5. The Hall–Kier alpha value is -4.27. The molecule has 1 fully saturated rings. The average molecular weight is 566 g/mol. The van der Waals surface area contributed by atoms with E-state index < -0.39 is 18.2 Å². The molecule has 3 heterocycles. The van der Waals surface area contributed by atoms with Gasteiger partial charge in [-0.05, 0) is 62.1 Å². The van der Waals surface area contributed by atoms with E-state index in [4.69, 9.17) is 27.3 Å². The third kappa shape index (κ3) is 5.41. The van der Waals surface area contributed by atoms with E-state index in [1.54, 1.807) is 34.9 Å². The number of halogens is 3. The van der Waals surface area contributed by atoms with Crippen LogP contribution >= 0.6 is 11.6 Å². The first kappa shape index (κ1) is 27.3. The molecular formula is C28H26ClF2N7O2. The molecule has 5 rings (SSSR count). The number of hydrogen-bond acceptors (Lipinski definition) is 7. The van der Waals surface area contributed by atoms with E-state index in [-0.39, 0.29) is 22.9 Å². The first-order chi connectivity index (χ1) is 19.4. The summed E-state index contributed by atoms with van der Waals surface area (Å²) in [6, 6.07) is 9.37. The highest BCUT2D eigenvalue weighted by Gasteiger charge is 2.23. The molecular weight excluding hydrogens is 540 g/mol. The number of nitriles is 1. The molecule has 0 saturated carbocycles. The summed E-state index contributed by atoms with van der Waals surface area (Å²) in [7, 11) is 0. The maximum atomic E-state index is 14.9. The Morgan fingerprint density at radius 3 is 2.83 bits per heavy atom. The number of rotatable bonds is 7.